The van der Waals surface area contributed by atoms with Gasteiger partial charge in [-0.3, -0.25) is 9.78 Å². The highest BCUT2D eigenvalue weighted by atomic mass is 16.3. The largest absolute Gasteiger partial charge is 0.396 e. The first kappa shape index (κ1) is 8.87. The molecule has 64 valence electrons. The van der Waals surface area contributed by atoms with Gasteiger partial charge in [-0.1, -0.05) is 13.0 Å². The standard InChI is InChI=1S/C9H11NO2/c1-7(6-11)9(12)8-4-2-3-5-10-8/h2-5,7,11H,6H2,1H3. The average Bonchev–Trinajstić information content (AvgIpc) is 2.17. The second kappa shape index (κ2) is 3.97. The molecule has 0 aliphatic carbocycles. The molecule has 1 rings (SSSR count). The lowest BCUT2D eigenvalue weighted by atomic mass is 10.1. The van der Waals surface area contributed by atoms with Crippen molar-refractivity contribution in [3.63, 3.8) is 0 Å². The van der Waals surface area contributed by atoms with Crippen molar-refractivity contribution in [1.29, 1.82) is 0 Å². The predicted octanol–water partition coefficient (Wildman–Crippen LogP) is 0.893. The molecule has 0 spiro atoms. The molecule has 1 aromatic rings. The summed E-state index contributed by atoms with van der Waals surface area (Å²) < 4.78 is 0. The molecular weight excluding hydrogens is 154 g/mol. The Morgan fingerprint density at radius 1 is 1.67 bits per heavy atom. The number of pyridine rings is 1. The summed E-state index contributed by atoms with van der Waals surface area (Å²) in [5.74, 6) is -0.474. The van der Waals surface area contributed by atoms with Crippen LogP contribution in [0.1, 0.15) is 17.4 Å². The Morgan fingerprint density at radius 3 is 2.92 bits per heavy atom. The van der Waals surface area contributed by atoms with Crippen LogP contribution in [0.3, 0.4) is 0 Å². The molecule has 1 N–H and O–H groups in total. The van der Waals surface area contributed by atoms with E-state index in [1.165, 1.54) is 0 Å². The first-order chi connectivity index (χ1) is 5.75. The van der Waals surface area contributed by atoms with Crippen LogP contribution in [-0.2, 0) is 0 Å². The summed E-state index contributed by atoms with van der Waals surface area (Å²) in [7, 11) is 0. The molecule has 3 nitrogen and oxygen atoms in total. The van der Waals surface area contributed by atoms with Crippen molar-refractivity contribution in [2.75, 3.05) is 6.61 Å². The van der Waals surface area contributed by atoms with Crippen LogP contribution in [0.2, 0.25) is 0 Å². The van der Waals surface area contributed by atoms with Crippen molar-refractivity contribution in [2.24, 2.45) is 5.92 Å². The van der Waals surface area contributed by atoms with E-state index >= 15 is 0 Å². The predicted molar refractivity (Wildman–Crippen MR) is 44.8 cm³/mol. The fourth-order valence-electron chi connectivity index (χ4n) is 0.844. The van der Waals surface area contributed by atoms with Crippen molar-refractivity contribution in [3.8, 4) is 0 Å². The van der Waals surface area contributed by atoms with Gasteiger partial charge in [-0.05, 0) is 12.1 Å². The lowest BCUT2D eigenvalue weighted by Gasteiger charge is -2.04. The Hall–Kier alpha value is -1.22. The van der Waals surface area contributed by atoms with Gasteiger partial charge in [-0.25, -0.2) is 0 Å². The molecular formula is C9H11NO2. The van der Waals surface area contributed by atoms with Gasteiger partial charge in [0.05, 0.1) is 6.61 Å². The van der Waals surface area contributed by atoms with Crippen molar-refractivity contribution < 1.29 is 9.90 Å². The van der Waals surface area contributed by atoms with Crippen LogP contribution < -0.4 is 0 Å². The van der Waals surface area contributed by atoms with Crippen LogP contribution in [0, 0.1) is 5.92 Å². The van der Waals surface area contributed by atoms with Gasteiger partial charge in [0.2, 0.25) is 0 Å². The van der Waals surface area contributed by atoms with E-state index in [1.807, 2.05) is 0 Å². The van der Waals surface area contributed by atoms with Crippen LogP contribution in [0.15, 0.2) is 24.4 Å². The van der Waals surface area contributed by atoms with E-state index in [4.69, 9.17) is 5.11 Å². The van der Waals surface area contributed by atoms with Gasteiger partial charge in [-0.15, -0.1) is 0 Å². The zero-order chi connectivity index (χ0) is 8.97. The number of aliphatic hydroxyl groups is 1. The third-order valence-corrected chi connectivity index (χ3v) is 1.64. The molecule has 1 heterocycles. The Labute approximate surface area is 71.1 Å². The lowest BCUT2D eigenvalue weighted by molar-refractivity contribution is 0.0872. The summed E-state index contributed by atoms with van der Waals surface area (Å²) in [5, 5.41) is 8.72. The summed E-state index contributed by atoms with van der Waals surface area (Å²) in [6, 6.07) is 5.15. The number of aliphatic hydroxyl groups excluding tert-OH is 1. The van der Waals surface area contributed by atoms with Gasteiger partial charge >= 0.3 is 0 Å². The lowest BCUT2D eigenvalue weighted by Crippen LogP contribution is -2.15. The SMILES string of the molecule is CC(CO)C(=O)c1ccccn1. The van der Waals surface area contributed by atoms with E-state index in [0.717, 1.165) is 0 Å². The Bertz CT molecular complexity index is 258. The van der Waals surface area contributed by atoms with Crippen LogP contribution in [0.25, 0.3) is 0 Å². The molecule has 0 saturated carbocycles. The van der Waals surface area contributed by atoms with Crippen LogP contribution in [0.5, 0.6) is 0 Å². The molecule has 0 aliphatic heterocycles. The number of Topliss-reactive ketones (excluding diaryl/α,β-unsaturated/α-hetero) is 1. The minimum absolute atomic E-state index is 0.113. The Morgan fingerprint density at radius 2 is 2.42 bits per heavy atom. The maximum Gasteiger partial charge on any atom is 0.186 e. The number of nitrogens with zero attached hydrogens (tertiary/aromatic N) is 1. The molecule has 0 amide bonds. The second-order valence-electron chi connectivity index (χ2n) is 2.66. The summed E-state index contributed by atoms with van der Waals surface area (Å²) in [6.07, 6.45) is 1.57. The Kier molecular flexibility index (Phi) is 2.94. The highest BCUT2D eigenvalue weighted by Gasteiger charge is 2.14. The second-order valence-corrected chi connectivity index (χ2v) is 2.66. The van der Waals surface area contributed by atoms with Gasteiger partial charge in [0.15, 0.2) is 5.78 Å². The monoisotopic (exact) mass is 165 g/mol. The highest BCUT2D eigenvalue weighted by Crippen LogP contribution is 2.04. The van der Waals surface area contributed by atoms with Gasteiger partial charge in [-0.2, -0.15) is 0 Å². The fourth-order valence-corrected chi connectivity index (χ4v) is 0.844. The number of carbonyl (C=O) groups excluding carboxylic acids is 1. The molecule has 1 unspecified atom stereocenters. The van der Waals surface area contributed by atoms with Crippen LogP contribution in [-0.4, -0.2) is 22.5 Å². The zero-order valence-corrected chi connectivity index (χ0v) is 6.90. The highest BCUT2D eigenvalue weighted by molar-refractivity contribution is 5.95. The van der Waals surface area contributed by atoms with Gasteiger partial charge in [0.1, 0.15) is 5.69 Å². The van der Waals surface area contributed by atoms with E-state index in [-0.39, 0.29) is 18.3 Å². The minimum Gasteiger partial charge on any atom is -0.396 e. The molecule has 1 aromatic heterocycles. The van der Waals surface area contributed by atoms with Crippen molar-refractivity contribution in [1.82, 2.24) is 4.98 Å². The van der Waals surface area contributed by atoms with Crippen molar-refractivity contribution in [2.45, 2.75) is 6.92 Å². The first-order valence-corrected chi connectivity index (χ1v) is 3.82. The third kappa shape index (κ3) is 1.89. The van der Waals surface area contributed by atoms with Crippen molar-refractivity contribution >= 4 is 5.78 Å². The molecule has 12 heavy (non-hydrogen) atoms. The summed E-state index contributed by atoms with van der Waals surface area (Å²) in [4.78, 5) is 15.2. The normalized spacial score (nSPS) is 12.5. The van der Waals surface area contributed by atoms with Crippen molar-refractivity contribution in [3.05, 3.63) is 30.1 Å². The van der Waals surface area contributed by atoms with E-state index in [0.29, 0.717) is 5.69 Å². The number of hydrogen-bond donors (Lipinski definition) is 1. The topological polar surface area (TPSA) is 50.2 Å². The fraction of sp³-hybridized carbons (Fsp3) is 0.333. The number of ketones is 1. The molecule has 0 radical (unpaired) electrons. The smallest absolute Gasteiger partial charge is 0.186 e. The zero-order valence-electron chi connectivity index (χ0n) is 6.90. The molecule has 1 atom stereocenters. The summed E-state index contributed by atoms with van der Waals surface area (Å²) in [5.41, 5.74) is 0.416. The third-order valence-electron chi connectivity index (χ3n) is 1.64. The Balaban J connectivity index is 2.79. The quantitative estimate of drug-likeness (QED) is 0.677. The number of carbonyl (C=O) groups is 1. The first-order valence-electron chi connectivity index (χ1n) is 3.82. The van der Waals surface area contributed by atoms with Crippen LogP contribution in [0.4, 0.5) is 0 Å². The van der Waals surface area contributed by atoms with E-state index in [1.54, 1.807) is 31.3 Å². The number of rotatable bonds is 3. The molecule has 3 heteroatoms. The average molecular weight is 165 g/mol. The maximum atomic E-state index is 11.4. The molecule has 0 aliphatic rings. The van der Waals surface area contributed by atoms with Gasteiger partial charge in [0.25, 0.3) is 0 Å². The van der Waals surface area contributed by atoms with E-state index in [2.05, 4.69) is 4.98 Å². The summed E-state index contributed by atoms with van der Waals surface area (Å²) in [6.45, 7) is 1.55. The van der Waals surface area contributed by atoms with Gasteiger partial charge < -0.3 is 5.11 Å². The molecule has 0 bridgehead atoms. The van der Waals surface area contributed by atoms with E-state index < -0.39 is 0 Å². The maximum absolute atomic E-state index is 11.4. The molecule has 0 saturated heterocycles. The van der Waals surface area contributed by atoms with Gasteiger partial charge in [0, 0.05) is 12.1 Å². The van der Waals surface area contributed by atoms with Crippen LogP contribution >= 0.6 is 0 Å². The number of hydrogen-bond acceptors (Lipinski definition) is 3. The molecule has 0 aromatic carbocycles. The molecule has 0 fully saturated rings. The number of aromatic nitrogens is 1. The van der Waals surface area contributed by atoms with E-state index in [9.17, 15) is 4.79 Å². The minimum atomic E-state index is -0.361. The summed E-state index contributed by atoms with van der Waals surface area (Å²) >= 11 is 0.